The molecule has 1 fully saturated rings. The molecular formula is C14H19N3. The normalized spacial score (nSPS) is 14.4. The summed E-state index contributed by atoms with van der Waals surface area (Å²) in [5.74, 6) is 0.829. The van der Waals surface area contributed by atoms with Crippen LogP contribution in [0.2, 0.25) is 0 Å². The molecule has 1 aliphatic carbocycles. The Labute approximate surface area is 103 Å². The summed E-state index contributed by atoms with van der Waals surface area (Å²) in [6.45, 7) is 4.66. The highest BCUT2D eigenvalue weighted by Gasteiger charge is 2.24. The molecule has 3 nitrogen and oxygen atoms in total. The van der Waals surface area contributed by atoms with Crippen molar-refractivity contribution in [2.45, 2.75) is 26.3 Å². The zero-order chi connectivity index (χ0) is 12.3. The average Bonchev–Trinajstić information content (AvgIpc) is 3.19. The van der Waals surface area contributed by atoms with E-state index in [9.17, 15) is 5.26 Å². The second-order valence-electron chi connectivity index (χ2n) is 4.65. The van der Waals surface area contributed by atoms with Crippen LogP contribution in [0.3, 0.4) is 0 Å². The van der Waals surface area contributed by atoms with Crippen LogP contribution in [0, 0.1) is 17.2 Å². The van der Waals surface area contributed by atoms with Gasteiger partial charge in [-0.1, -0.05) is 6.07 Å². The van der Waals surface area contributed by atoms with Crippen LogP contribution in [0.1, 0.15) is 30.9 Å². The highest BCUT2D eigenvalue weighted by Crippen LogP contribution is 2.32. The average molecular weight is 229 g/mol. The van der Waals surface area contributed by atoms with Crippen molar-refractivity contribution in [2.24, 2.45) is 11.7 Å². The van der Waals surface area contributed by atoms with Gasteiger partial charge in [0, 0.05) is 19.6 Å². The number of hydrogen-bond donors (Lipinski definition) is 1. The van der Waals surface area contributed by atoms with Crippen LogP contribution >= 0.6 is 0 Å². The fourth-order valence-electron chi connectivity index (χ4n) is 2.09. The first kappa shape index (κ1) is 11.9. The van der Waals surface area contributed by atoms with E-state index in [0.29, 0.717) is 6.54 Å². The number of nitrogens with two attached hydrogens (primary N) is 1. The van der Waals surface area contributed by atoms with Gasteiger partial charge in [0.1, 0.15) is 6.07 Å². The van der Waals surface area contributed by atoms with Gasteiger partial charge in [0.15, 0.2) is 0 Å². The van der Waals surface area contributed by atoms with E-state index >= 15 is 0 Å². The minimum absolute atomic E-state index is 0.490. The minimum Gasteiger partial charge on any atom is -0.370 e. The number of rotatable bonds is 5. The van der Waals surface area contributed by atoms with E-state index in [-0.39, 0.29) is 0 Å². The van der Waals surface area contributed by atoms with Gasteiger partial charge in [0.25, 0.3) is 0 Å². The van der Waals surface area contributed by atoms with Crippen LogP contribution in [-0.2, 0) is 6.54 Å². The minimum atomic E-state index is 0.490. The van der Waals surface area contributed by atoms with Gasteiger partial charge in [-0.15, -0.1) is 0 Å². The molecular weight excluding hydrogens is 210 g/mol. The van der Waals surface area contributed by atoms with E-state index in [2.05, 4.69) is 17.9 Å². The summed E-state index contributed by atoms with van der Waals surface area (Å²) in [4.78, 5) is 2.30. The molecule has 0 aliphatic heterocycles. The van der Waals surface area contributed by atoms with E-state index in [1.807, 2.05) is 18.2 Å². The summed E-state index contributed by atoms with van der Waals surface area (Å²) in [5.41, 5.74) is 8.42. The molecule has 0 unspecified atom stereocenters. The zero-order valence-corrected chi connectivity index (χ0v) is 10.3. The van der Waals surface area contributed by atoms with E-state index in [1.165, 1.54) is 12.8 Å². The Kier molecular flexibility index (Phi) is 3.65. The fraction of sp³-hybridized carbons (Fsp3) is 0.500. The Morgan fingerprint density at radius 1 is 1.47 bits per heavy atom. The Morgan fingerprint density at radius 3 is 2.76 bits per heavy atom. The van der Waals surface area contributed by atoms with Crippen molar-refractivity contribution in [2.75, 3.05) is 18.0 Å². The van der Waals surface area contributed by atoms with Crippen molar-refractivity contribution in [3.8, 4) is 6.07 Å². The molecule has 1 aromatic rings. The third-order valence-corrected chi connectivity index (χ3v) is 3.32. The standard InChI is InChI=1S/C14H19N3/c1-2-17(10-11-3-4-11)14-6-5-12(8-15)7-13(14)9-16/h5-7,11H,2-4,8,10,15H2,1H3. The Hall–Kier alpha value is -1.53. The maximum atomic E-state index is 9.22. The monoisotopic (exact) mass is 229 g/mol. The summed E-state index contributed by atoms with van der Waals surface area (Å²) in [6.07, 6.45) is 2.67. The highest BCUT2D eigenvalue weighted by atomic mass is 15.1. The van der Waals surface area contributed by atoms with Crippen LogP contribution in [0.15, 0.2) is 18.2 Å². The molecule has 0 saturated heterocycles. The van der Waals surface area contributed by atoms with Gasteiger partial charge < -0.3 is 10.6 Å². The molecule has 0 spiro atoms. The molecule has 0 heterocycles. The van der Waals surface area contributed by atoms with Crippen molar-refractivity contribution < 1.29 is 0 Å². The predicted molar refractivity (Wildman–Crippen MR) is 69.7 cm³/mol. The smallest absolute Gasteiger partial charge is 0.101 e. The molecule has 0 amide bonds. The first-order valence-electron chi connectivity index (χ1n) is 6.26. The van der Waals surface area contributed by atoms with Gasteiger partial charge in [0.05, 0.1) is 11.3 Å². The van der Waals surface area contributed by atoms with Crippen molar-refractivity contribution >= 4 is 5.69 Å². The van der Waals surface area contributed by atoms with Crippen LogP contribution in [0.5, 0.6) is 0 Å². The molecule has 2 rings (SSSR count). The van der Waals surface area contributed by atoms with Crippen molar-refractivity contribution in [3.05, 3.63) is 29.3 Å². The van der Waals surface area contributed by atoms with Gasteiger partial charge in [-0.25, -0.2) is 0 Å². The Morgan fingerprint density at radius 2 is 2.24 bits per heavy atom. The Bertz CT molecular complexity index is 430. The van der Waals surface area contributed by atoms with Gasteiger partial charge in [-0.2, -0.15) is 5.26 Å². The topological polar surface area (TPSA) is 53.0 Å². The first-order valence-corrected chi connectivity index (χ1v) is 6.26. The van der Waals surface area contributed by atoms with Crippen molar-refractivity contribution in [1.29, 1.82) is 5.26 Å². The number of benzene rings is 1. The molecule has 2 N–H and O–H groups in total. The second kappa shape index (κ2) is 5.20. The highest BCUT2D eigenvalue weighted by molar-refractivity contribution is 5.60. The molecule has 17 heavy (non-hydrogen) atoms. The van der Waals surface area contributed by atoms with E-state index in [0.717, 1.165) is 35.8 Å². The predicted octanol–water partition coefficient (Wildman–Crippen LogP) is 2.25. The first-order chi connectivity index (χ1) is 8.28. The lowest BCUT2D eigenvalue weighted by atomic mass is 10.1. The lowest BCUT2D eigenvalue weighted by Crippen LogP contribution is -2.26. The number of nitriles is 1. The van der Waals surface area contributed by atoms with Gasteiger partial charge in [-0.3, -0.25) is 0 Å². The summed E-state index contributed by atoms with van der Waals surface area (Å²) in [6, 6.07) is 8.24. The maximum absolute atomic E-state index is 9.22. The van der Waals surface area contributed by atoms with E-state index in [1.54, 1.807) is 0 Å². The lowest BCUT2D eigenvalue weighted by molar-refractivity contribution is 0.741. The lowest BCUT2D eigenvalue weighted by Gasteiger charge is -2.24. The van der Waals surface area contributed by atoms with Crippen LogP contribution in [0.4, 0.5) is 5.69 Å². The van der Waals surface area contributed by atoms with Crippen LogP contribution < -0.4 is 10.6 Å². The van der Waals surface area contributed by atoms with Crippen molar-refractivity contribution in [3.63, 3.8) is 0 Å². The summed E-state index contributed by atoms with van der Waals surface area (Å²) in [7, 11) is 0. The SMILES string of the molecule is CCN(CC1CC1)c1ccc(CN)cc1C#N. The zero-order valence-electron chi connectivity index (χ0n) is 10.3. The number of anilines is 1. The molecule has 1 aliphatic rings. The summed E-state index contributed by atoms with van der Waals surface area (Å²) >= 11 is 0. The van der Waals surface area contributed by atoms with Gasteiger partial charge in [0.2, 0.25) is 0 Å². The maximum Gasteiger partial charge on any atom is 0.101 e. The second-order valence-corrected chi connectivity index (χ2v) is 4.65. The van der Waals surface area contributed by atoms with E-state index < -0.39 is 0 Å². The van der Waals surface area contributed by atoms with Crippen LogP contribution in [0.25, 0.3) is 0 Å². The van der Waals surface area contributed by atoms with Crippen LogP contribution in [-0.4, -0.2) is 13.1 Å². The molecule has 1 aromatic carbocycles. The number of nitrogens with zero attached hydrogens (tertiary/aromatic N) is 2. The largest absolute Gasteiger partial charge is 0.370 e. The molecule has 0 atom stereocenters. The van der Waals surface area contributed by atoms with Gasteiger partial charge >= 0.3 is 0 Å². The van der Waals surface area contributed by atoms with Crippen molar-refractivity contribution in [1.82, 2.24) is 0 Å². The van der Waals surface area contributed by atoms with Gasteiger partial charge in [-0.05, 0) is 43.4 Å². The summed E-state index contributed by atoms with van der Waals surface area (Å²) < 4.78 is 0. The molecule has 1 saturated carbocycles. The molecule has 0 bridgehead atoms. The molecule has 3 heteroatoms. The molecule has 0 radical (unpaired) electrons. The third-order valence-electron chi connectivity index (χ3n) is 3.32. The molecule has 90 valence electrons. The summed E-state index contributed by atoms with van der Waals surface area (Å²) in [5, 5.41) is 9.22. The quantitative estimate of drug-likeness (QED) is 0.842. The fourth-order valence-corrected chi connectivity index (χ4v) is 2.09. The third kappa shape index (κ3) is 2.78. The van der Waals surface area contributed by atoms with E-state index in [4.69, 9.17) is 5.73 Å². The number of hydrogen-bond acceptors (Lipinski definition) is 3. The Balaban J connectivity index is 2.25. The molecule has 0 aromatic heterocycles.